The van der Waals surface area contributed by atoms with Crippen LogP contribution in [0.15, 0.2) is 66.7 Å². The van der Waals surface area contributed by atoms with Crippen LogP contribution in [0.3, 0.4) is 0 Å². The number of ether oxygens (including phenoxy) is 3. The van der Waals surface area contributed by atoms with Crippen LogP contribution in [0.25, 0.3) is 0 Å². The molecule has 0 aromatic heterocycles. The molecule has 3 amide bonds. The second-order valence-electron chi connectivity index (χ2n) is 19.7. The summed E-state index contributed by atoms with van der Waals surface area (Å²) in [6.45, 7) is 5.73. The van der Waals surface area contributed by atoms with Crippen molar-refractivity contribution in [1.82, 2.24) is 15.1 Å². The van der Waals surface area contributed by atoms with E-state index in [0.717, 1.165) is 105 Å². The number of nitrogens with zero attached hydrogens (tertiary/aromatic N) is 3. The zero-order chi connectivity index (χ0) is 44.6. The van der Waals surface area contributed by atoms with E-state index in [1.165, 1.54) is 10.5 Å². The third-order valence-corrected chi connectivity index (χ3v) is 16.5. The van der Waals surface area contributed by atoms with Gasteiger partial charge in [-0.1, -0.05) is 48.0 Å². The number of anilines is 1. The summed E-state index contributed by atoms with van der Waals surface area (Å²) in [5.74, 6) is 0.833. The number of likely N-dealkylation sites (tertiary alicyclic amines) is 1. The van der Waals surface area contributed by atoms with E-state index in [1.807, 2.05) is 30.3 Å². The van der Waals surface area contributed by atoms with Crippen molar-refractivity contribution in [1.29, 1.82) is 0 Å². The molecule has 4 fully saturated rings. The first-order valence-electron chi connectivity index (χ1n) is 23.5. The van der Waals surface area contributed by atoms with E-state index in [2.05, 4.69) is 39.4 Å². The number of methoxy groups -OCH3 is 1. The SMILES string of the molecule is COc1cc(N2CCC3(CC[C@@H](CN4CCC5(CC4)COc4c5cc(Cl)c5c4CN([C@H]4CCC(=O)NC4=O)C5=O)CO3)CC2)c(F)cc1[C@@H]1c2ccc(O)cc2CC[C@@H]1c1ccccc1. The quantitative estimate of drug-likeness (QED) is 0.178. The van der Waals surface area contributed by atoms with E-state index in [1.54, 1.807) is 19.2 Å². The minimum absolute atomic E-state index is 0.123. The number of imide groups is 1. The van der Waals surface area contributed by atoms with E-state index in [-0.39, 0.29) is 59.2 Å². The number of phenols is 1. The topological polar surface area (TPSA) is 121 Å². The van der Waals surface area contributed by atoms with Crippen LogP contribution in [0.5, 0.6) is 17.2 Å². The lowest BCUT2D eigenvalue weighted by molar-refractivity contribution is -0.136. The first-order chi connectivity index (χ1) is 31.5. The van der Waals surface area contributed by atoms with Gasteiger partial charge >= 0.3 is 0 Å². The van der Waals surface area contributed by atoms with Gasteiger partial charge in [0.15, 0.2) is 0 Å². The maximum atomic E-state index is 16.5. The van der Waals surface area contributed by atoms with Crippen molar-refractivity contribution < 1.29 is 38.1 Å². The largest absolute Gasteiger partial charge is 0.508 e. The lowest BCUT2D eigenvalue weighted by Crippen LogP contribution is -2.52. The average molecular weight is 903 g/mol. The highest BCUT2D eigenvalue weighted by molar-refractivity contribution is 6.34. The third kappa shape index (κ3) is 7.44. The van der Waals surface area contributed by atoms with Crippen molar-refractivity contribution in [3.8, 4) is 17.2 Å². The molecule has 0 saturated carbocycles. The highest BCUT2D eigenvalue weighted by Gasteiger charge is 2.49. The molecule has 4 atom stereocenters. The summed E-state index contributed by atoms with van der Waals surface area (Å²) in [5, 5.41) is 13.1. The summed E-state index contributed by atoms with van der Waals surface area (Å²) < 4.78 is 35.8. The van der Waals surface area contributed by atoms with Gasteiger partial charge in [-0.2, -0.15) is 0 Å². The number of piperidine rings is 3. The molecule has 2 N–H and O–H groups in total. The number of benzene rings is 4. The summed E-state index contributed by atoms with van der Waals surface area (Å²) in [4.78, 5) is 44.3. The van der Waals surface area contributed by atoms with Crippen molar-refractivity contribution in [3.05, 3.63) is 117 Å². The maximum absolute atomic E-state index is 16.5. The Balaban J connectivity index is 0.710. The summed E-state index contributed by atoms with van der Waals surface area (Å²) in [5.41, 5.74) is 6.67. The Hall–Kier alpha value is -5.17. The van der Waals surface area contributed by atoms with E-state index in [0.29, 0.717) is 60.7 Å². The second-order valence-corrected chi connectivity index (χ2v) is 20.1. The van der Waals surface area contributed by atoms with Crippen molar-refractivity contribution >= 4 is 35.0 Å². The Morgan fingerprint density at radius 3 is 2.45 bits per heavy atom. The van der Waals surface area contributed by atoms with E-state index in [4.69, 9.17) is 25.8 Å². The van der Waals surface area contributed by atoms with Crippen molar-refractivity contribution in [2.45, 2.75) is 99.6 Å². The molecule has 1 aliphatic carbocycles. The molecular formula is C52H56ClFN4O7. The number of phenolic OH excluding ortho intramolecular Hbond substituents is 1. The minimum atomic E-state index is -0.707. The highest BCUT2D eigenvalue weighted by Crippen LogP contribution is 2.53. The summed E-state index contributed by atoms with van der Waals surface area (Å²) in [6.07, 6.45) is 7.82. The monoisotopic (exact) mass is 902 g/mol. The Kier molecular flexibility index (Phi) is 10.9. The normalized spacial score (nSPS) is 25.9. The van der Waals surface area contributed by atoms with Gasteiger partial charge in [0.1, 0.15) is 29.1 Å². The van der Waals surface area contributed by atoms with Gasteiger partial charge < -0.3 is 34.0 Å². The number of hydrogen-bond acceptors (Lipinski definition) is 9. The van der Waals surface area contributed by atoms with Gasteiger partial charge in [-0.25, -0.2) is 4.39 Å². The van der Waals surface area contributed by atoms with Crippen LogP contribution in [0.1, 0.15) is 113 Å². The van der Waals surface area contributed by atoms with Crippen LogP contribution in [0.4, 0.5) is 10.1 Å². The van der Waals surface area contributed by atoms with Gasteiger partial charge in [0.2, 0.25) is 11.8 Å². The van der Waals surface area contributed by atoms with Crippen molar-refractivity contribution in [2.75, 3.05) is 57.9 Å². The molecule has 6 aliphatic heterocycles. The smallest absolute Gasteiger partial charge is 0.256 e. The summed E-state index contributed by atoms with van der Waals surface area (Å²) >= 11 is 6.85. The molecule has 11 nitrogen and oxygen atoms in total. The molecule has 13 heteroatoms. The molecule has 4 aromatic rings. The fourth-order valence-corrected chi connectivity index (χ4v) is 12.9. The van der Waals surface area contributed by atoms with Gasteiger partial charge in [-0.15, -0.1) is 0 Å². The van der Waals surface area contributed by atoms with Crippen LogP contribution < -0.4 is 19.7 Å². The van der Waals surface area contributed by atoms with Crippen molar-refractivity contribution in [2.24, 2.45) is 5.92 Å². The number of amides is 3. The van der Waals surface area contributed by atoms with Gasteiger partial charge in [-0.3, -0.25) is 19.7 Å². The predicted molar refractivity (Wildman–Crippen MR) is 244 cm³/mol. The molecule has 0 bridgehead atoms. The summed E-state index contributed by atoms with van der Waals surface area (Å²) in [7, 11) is 1.67. The van der Waals surface area contributed by atoms with Crippen LogP contribution in [0, 0.1) is 11.7 Å². The fourth-order valence-electron chi connectivity index (χ4n) is 12.6. The Bertz CT molecular complexity index is 2550. The van der Waals surface area contributed by atoms with E-state index < -0.39 is 11.9 Å². The fraction of sp³-hybridized carbons (Fsp3) is 0.481. The van der Waals surface area contributed by atoms with Gasteiger partial charge in [0.25, 0.3) is 5.91 Å². The number of hydrogen-bond donors (Lipinski definition) is 2. The van der Waals surface area contributed by atoms with Gasteiger partial charge in [-0.05, 0) is 124 Å². The number of carbonyl (C=O) groups is 3. The lowest BCUT2D eigenvalue weighted by Gasteiger charge is -2.47. The van der Waals surface area contributed by atoms with Gasteiger partial charge in [0, 0.05) is 60.1 Å². The molecule has 4 saturated heterocycles. The highest BCUT2D eigenvalue weighted by atomic mass is 35.5. The number of carbonyl (C=O) groups excluding carboxylic acids is 3. The number of aromatic hydroxyl groups is 1. The molecule has 2 spiro atoms. The summed E-state index contributed by atoms with van der Waals surface area (Å²) in [6, 6.07) is 20.9. The first kappa shape index (κ1) is 42.5. The zero-order valence-electron chi connectivity index (χ0n) is 36.9. The molecule has 11 rings (SSSR count). The van der Waals surface area contributed by atoms with E-state index >= 15 is 4.39 Å². The van der Waals surface area contributed by atoms with Crippen LogP contribution >= 0.6 is 11.6 Å². The zero-order valence-corrected chi connectivity index (χ0v) is 37.6. The number of rotatable bonds is 7. The Labute approximate surface area is 384 Å². The number of halogens is 2. The number of fused-ring (bicyclic) bond motifs is 5. The molecule has 0 unspecified atom stereocenters. The number of nitrogens with one attached hydrogen (secondary N) is 1. The van der Waals surface area contributed by atoms with Crippen LogP contribution in [-0.2, 0) is 32.7 Å². The molecule has 340 valence electrons. The molecule has 4 aromatic carbocycles. The molecule has 0 radical (unpaired) electrons. The number of aryl methyl sites for hydroxylation is 1. The Morgan fingerprint density at radius 2 is 1.71 bits per heavy atom. The molecule has 6 heterocycles. The lowest BCUT2D eigenvalue weighted by atomic mass is 9.69. The van der Waals surface area contributed by atoms with Crippen LogP contribution in [-0.4, -0.2) is 97.3 Å². The van der Waals surface area contributed by atoms with Crippen LogP contribution in [0.2, 0.25) is 5.02 Å². The minimum Gasteiger partial charge on any atom is -0.508 e. The average Bonchev–Trinajstić information content (AvgIpc) is 3.85. The van der Waals surface area contributed by atoms with E-state index in [9.17, 15) is 19.5 Å². The molecule has 65 heavy (non-hydrogen) atoms. The van der Waals surface area contributed by atoms with Gasteiger partial charge in [0.05, 0.1) is 48.7 Å². The molecular weight excluding hydrogens is 847 g/mol. The predicted octanol–water partition coefficient (Wildman–Crippen LogP) is 8.01. The first-order valence-corrected chi connectivity index (χ1v) is 23.9. The van der Waals surface area contributed by atoms with Crippen molar-refractivity contribution in [3.63, 3.8) is 0 Å². The third-order valence-electron chi connectivity index (χ3n) is 16.2. The molecule has 7 aliphatic rings. The standard InChI is InChI=1S/C52H56ClFN4O7/c1-63-44-26-43(41(54)24-37(44)46-35(32-5-3-2-4-6-32)9-7-33-23-34(59)8-10-36(33)46)57-21-17-52(18-22-57)14-13-31(29-65-52)27-56-19-15-51(16-20-56)30-64-48-38-28-58(42-11-12-45(60)55-49(42)61)50(62)47(38)40(53)25-39(48)51/h2-6,8,10,23-26,31,35,42,46,59H,7,9,11-22,27-30H2,1H3,(H,55,60,61)/t31-,35+,42-,46-/m0/s1. The Morgan fingerprint density at radius 1 is 0.908 bits per heavy atom. The second kappa shape index (κ2) is 16.6. The maximum Gasteiger partial charge on any atom is 0.256 e.